The van der Waals surface area contributed by atoms with Crippen molar-refractivity contribution in [2.24, 2.45) is 0 Å². The molecule has 0 heterocycles. The van der Waals surface area contributed by atoms with E-state index in [1.165, 1.54) is 128 Å². The number of hydrogen-bond donors (Lipinski definition) is 4. The second-order valence-corrected chi connectivity index (χ2v) is 14.5. The minimum Gasteiger partial charge on any atom is -0.387 e. The summed E-state index contributed by atoms with van der Waals surface area (Å²) in [6.45, 7) is 4.47. The number of carbonyl (C=O) groups excluding carboxylic acids is 1. The van der Waals surface area contributed by atoms with Crippen molar-refractivity contribution in [1.29, 1.82) is 0 Å². The topological polar surface area (TPSA) is 124 Å². The number of aliphatic hydroxyl groups is 2. The molecule has 0 radical (unpaired) electrons. The first-order valence-corrected chi connectivity index (χ1v) is 20.4. The summed E-state index contributed by atoms with van der Waals surface area (Å²) >= 11 is 0. The van der Waals surface area contributed by atoms with Gasteiger partial charge in [-0.1, -0.05) is 172 Å². The molecule has 0 aliphatic carbocycles. The van der Waals surface area contributed by atoms with Crippen LogP contribution in [0.15, 0.2) is 36.5 Å². The minimum atomic E-state index is -4.45. The Labute approximate surface area is 283 Å². The van der Waals surface area contributed by atoms with Crippen molar-refractivity contribution in [3.63, 3.8) is 0 Å². The molecule has 0 spiro atoms. The molecule has 0 fully saturated rings. The fraction of sp³-hybridized carbons (Fsp3) is 0.816. The average molecular weight is 670 g/mol. The largest absolute Gasteiger partial charge is 0.387 e. The van der Waals surface area contributed by atoms with Gasteiger partial charge in [-0.3, -0.25) is 9.35 Å². The van der Waals surface area contributed by atoms with Crippen LogP contribution in [0.2, 0.25) is 0 Å². The Morgan fingerprint density at radius 2 is 1.02 bits per heavy atom. The lowest BCUT2D eigenvalue weighted by Crippen LogP contribution is -2.50. The molecule has 8 heteroatoms. The summed E-state index contributed by atoms with van der Waals surface area (Å²) in [4.78, 5) is 12.5. The Kier molecular flexibility index (Phi) is 31.1. The van der Waals surface area contributed by atoms with Crippen LogP contribution in [0.1, 0.15) is 174 Å². The van der Waals surface area contributed by atoms with E-state index in [1.54, 1.807) is 12.2 Å². The van der Waals surface area contributed by atoms with Crippen LogP contribution in [-0.2, 0) is 14.9 Å². The standard InChI is InChI=1S/C38H71NO6S/c1-3-5-7-9-11-13-15-17-18-19-20-21-23-24-26-28-30-32-36(40)35(34-46(43,44)45)39-38(42)37(41)33-31-29-27-25-22-16-14-12-10-8-6-4-2/h22,25,29-32,35-37,40-41H,3-21,23-24,26-28,33-34H2,1-2H3,(H,39,42)(H,43,44,45)/b25-22-,31-29-,32-30+. The summed E-state index contributed by atoms with van der Waals surface area (Å²) in [5, 5.41) is 23.2. The van der Waals surface area contributed by atoms with E-state index < -0.39 is 40.0 Å². The molecule has 0 aromatic carbocycles. The molecule has 1 amide bonds. The Hall–Kier alpha value is -1.48. The fourth-order valence-corrected chi connectivity index (χ4v) is 6.23. The summed E-state index contributed by atoms with van der Waals surface area (Å²) in [6, 6.07) is -1.26. The Balaban J connectivity index is 4.18. The molecule has 0 aliphatic rings. The van der Waals surface area contributed by atoms with E-state index in [0.717, 1.165) is 25.7 Å². The Bertz CT molecular complexity index is 886. The van der Waals surface area contributed by atoms with Crippen molar-refractivity contribution in [3.05, 3.63) is 36.5 Å². The van der Waals surface area contributed by atoms with Crippen molar-refractivity contribution >= 4 is 16.0 Å². The second-order valence-electron chi connectivity index (χ2n) is 13.0. The van der Waals surface area contributed by atoms with Crippen molar-refractivity contribution in [2.75, 3.05) is 5.75 Å². The first-order chi connectivity index (χ1) is 22.2. The molecule has 4 N–H and O–H groups in total. The molecule has 0 saturated carbocycles. The maximum atomic E-state index is 12.5. The third-order valence-electron chi connectivity index (χ3n) is 8.43. The predicted octanol–water partition coefficient (Wildman–Crippen LogP) is 9.54. The van der Waals surface area contributed by atoms with Gasteiger partial charge in [0, 0.05) is 6.42 Å². The minimum absolute atomic E-state index is 0.0703. The van der Waals surface area contributed by atoms with E-state index >= 15 is 0 Å². The fourth-order valence-electron chi connectivity index (χ4n) is 5.50. The maximum Gasteiger partial charge on any atom is 0.267 e. The number of unbranched alkanes of at least 4 members (excludes halogenated alkanes) is 21. The summed E-state index contributed by atoms with van der Waals surface area (Å²) in [6.07, 6.45) is 37.9. The third-order valence-corrected chi connectivity index (χ3v) is 9.21. The molecule has 46 heavy (non-hydrogen) atoms. The maximum absolute atomic E-state index is 12.5. The van der Waals surface area contributed by atoms with Gasteiger partial charge in [0.25, 0.3) is 10.1 Å². The van der Waals surface area contributed by atoms with Gasteiger partial charge in [-0.2, -0.15) is 8.42 Å². The lowest BCUT2D eigenvalue weighted by atomic mass is 10.0. The van der Waals surface area contributed by atoms with E-state index in [2.05, 4.69) is 31.3 Å². The van der Waals surface area contributed by atoms with Crippen LogP contribution in [0.25, 0.3) is 0 Å². The molecule has 3 atom stereocenters. The molecular weight excluding hydrogens is 598 g/mol. The van der Waals surface area contributed by atoms with Crippen LogP contribution in [0.5, 0.6) is 0 Å². The smallest absolute Gasteiger partial charge is 0.267 e. The molecule has 3 unspecified atom stereocenters. The first kappa shape index (κ1) is 44.5. The van der Waals surface area contributed by atoms with E-state index in [9.17, 15) is 28.0 Å². The van der Waals surface area contributed by atoms with Gasteiger partial charge in [-0.15, -0.1) is 0 Å². The highest BCUT2D eigenvalue weighted by atomic mass is 32.2. The lowest BCUT2D eigenvalue weighted by molar-refractivity contribution is -0.130. The van der Waals surface area contributed by atoms with Gasteiger partial charge in [0.15, 0.2) is 0 Å². The molecule has 0 bridgehead atoms. The predicted molar refractivity (Wildman–Crippen MR) is 195 cm³/mol. The molecule has 7 nitrogen and oxygen atoms in total. The molecule has 0 aliphatic heterocycles. The molecule has 270 valence electrons. The van der Waals surface area contributed by atoms with Crippen molar-refractivity contribution < 1.29 is 28.0 Å². The summed E-state index contributed by atoms with van der Waals surface area (Å²) in [5.74, 6) is -1.62. The van der Waals surface area contributed by atoms with E-state index in [-0.39, 0.29) is 6.42 Å². The van der Waals surface area contributed by atoms with Gasteiger partial charge in [-0.25, -0.2) is 0 Å². The first-order valence-electron chi connectivity index (χ1n) is 18.8. The van der Waals surface area contributed by atoms with Crippen LogP contribution in [0.3, 0.4) is 0 Å². The highest BCUT2D eigenvalue weighted by Gasteiger charge is 2.27. The number of carbonyl (C=O) groups is 1. The van der Waals surface area contributed by atoms with E-state index in [0.29, 0.717) is 6.42 Å². The second kappa shape index (κ2) is 32.1. The van der Waals surface area contributed by atoms with Gasteiger partial charge >= 0.3 is 0 Å². The van der Waals surface area contributed by atoms with Crippen molar-refractivity contribution in [3.8, 4) is 0 Å². The number of rotatable bonds is 33. The molecule has 0 aromatic rings. The zero-order valence-corrected chi connectivity index (χ0v) is 30.4. The lowest BCUT2D eigenvalue weighted by Gasteiger charge is -2.22. The van der Waals surface area contributed by atoms with Gasteiger partial charge in [0.2, 0.25) is 5.91 Å². The molecule has 0 saturated heterocycles. The van der Waals surface area contributed by atoms with Crippen LogP contribution < -0.4 is 5.32 Å². The number of amides is 1. The van der Waals surface area contributed by atoms with Gasteiger partial charge in [0.05, 0.1) is 17.9 Å². The Morgan fingerprint density at radius 1 is 0.609 bits per heavy atom. The summed E-state index contributed by atoms with van der Waals surface area (Å²) < 4.78 is 32.4. The van der Waals surface area contributed by atoms with Gasteiger partial charge in [0.1, 0.15) is 6.10 Å². The quantitative estimate of drug-likeness (QED) is 0.0313. The van der Waals surface area contributed by atoms with Gasteiger partial charge < -0.3 is 15.5 Å². The molecular formula is C38H71NO6S. The number of aliphatic hydroxyl groups excluding tert-OH is 2. The normalized spacial score (nSPS) is 14.5. The number of hydrogen-bond acceptors (Lipinski definition) is 5. The van der Waals surface area contributed by atoms with Crippen molar-refractivity contribution in [2.45, 2.75) is 193 Å². The van der Waals surface area contributed by atoms with Crippen LogP contribution in [0, 0.1) is 0 Å². The molecule has 0 aromatic heterocycles. The van der Waals surface area contributed by atoms with Crippen LogP contribution in [-0.4, -0.2) is 53.1 Å². The average Bonchev–Trinajstić information content (AvgIpc) is 3.01. The van der Waals surface area contributed by atoms with Crippen molar-refractivity contribution in [1.82, 2.24) is 5.32 Å². The summed E-state index contributed by atoms with van der Waals surface area (Å²) in [5.41, 5.74) is 0. The SMILES string of the molecule is CCCCCCCC/C=C\C/C=C\CC(O)C(=O)NC(CS(=O)(=O)O)C(O)/C=C/CCCCCCCCCCCCCCCCC. The third kappa shape index (κ3) is 31.1. The highest BCUT2D eigenvalue weighted by Crippen LogP contribution is 2.14. The van der Waals surface area contributed by atoms with E-state index in [1.807, 2.05) is 6.08 Å². The van der Waals surface area contributed by atoms with Crippen LogP contribution in [0.4, 0.5) is 0 Å². The van der Waals surface area contributed by atoms with E-state index in [4.69, 9.17) is 0 Å². The van der Waals surface area contributed by atoms with Crippen LogP contribution >= 0.6 is 0 Å². The summed E-state index contributed by atoms with van der Waals surface area (Å²) in [7, 11) is -4.45. The molecule has 0 rings (SSSR count). The Morgan fingerprint density at radius 3 is 1.48 bits per heavy atom. The highest BCUT2D eigenvalue weighted by molar-refractivity contribution is 7.85. The zero-order valence-electron chi connectivity index (χ0n) is 29.6. The zero-order chi connectivity index (χ0) is 34.1. The monoisotopic (exact) mass is 670 g/mol. The van der Waals surface area contributed by atoms with Gasteiger partial charge in [-0.05, 0) is 32.1 Å². The number of allylic oxidation sites excluding steroid dienone is 4. The number of nitrogens with one attached hydrogen (secondary N) is 1.